The van der Waals surface area contributed by atoms with Crippen LogP contribution in [0.2, 0.25) is 0 Å². The van der Waals surface area contributed by atoms with Gasteiger partial charge in [0.25, 0.3) is 0 Å². The molecule has 8 N–H and O–H groups in total. The maximum absolute atomic E-state index is 13.7. The number of nitrogens with zero attached hydrogens (tertiary/aromatic N) is 2. The van der Waals surface area contributed by atoms with Gasteiger partial charge in [-0.3, -0.25) is 19.2 Å². The average molecular weight is 1270 g/mol. The summed E-state index contributed by atoms with van der Waals surface area (Å²) in [6.45, 7) is 49.2. The maximum Gasteiger partial charge on any atom is 0.408 e. The minimum atomic E-state index is -1.07. The number of ether oxygens (including phenoxy) is 2. The van der Waals surface area contributed by atoms with E-state index in [-0.39, 0.29) is 68.9 Å². The number of hydrogen-bond donors (Lipinski definition) is 8. The number of fused-ring (bicyclic) bond motifs is 3. The second-order valence-electron chi connectivity index (χ2n) is 36.8. The van der Waals surface area contributed by atoms with Gasteiger partial charge < -0.3 is 61.0 Å². The van der Waals surface area contributed by atoms with E-state index in [0.717, 1.165) is 32.2 Å². The molecule has 0 radical (unpaired) electrons. The molecule has 0 aromatic rings. The molecule has 20 nitrogen and oxygen atoms in total. The summed E-state index contributed by atoms with van der Waals surface area (Å²) in [6, 6.07) is -3.73. The first kappa shape index (κ1) is 74.3. The highest BCUT2D eigenvalue weighted by Crippen LogP contribution is 2.90. The molecule has 3 saturated heterocycles. The van der Waals surface area contributed by atoms with Gasteiger partial charge >= 0.3 is 30.1 Å². The number of nitrogens with one attached hydrogen (secondary N) is 4. The summed E-state index contributed by atoms with van der Waals surface area (Å²) in [5, 5.41) is 49.4. The first-order valence-corrected chi connectivity index (χ1v) is 33.4. The Morgan fingerprint density at radius 2 is 0.856 bits per heavy atom. The molecule has 0 aromatic carbocycles. The van der Waals surface area contributed by atoms with Crippen molar-refractivity contribution < 1.29 is 68.3 Å². The number of carboxylic acid groups (broad SMARTS) is 3. The fourth-order valence-electron chi connectivity index (χ4n) is 18.7. The zero-order valence-electron chi connectivity index (χ0n) is 59.8. The highest BCUT2D eigenvalue weighted by molar-refractivity contribution is 5.92. The Bertz CT molecular complexity index is 2750. The standard InChI is InChI=1S/C24H40N2O4.C23H40N2O4.C12H19NO2.C11H21NO4/c1-20(2,3)13-16(27)25-17(21(4,5)6)18(28)26-14-24(12-15(26)19(29)30)22(7,8)23(24)10-9-11-23;1-19(2,3)16(24-18(28)29-20(4,5)6)17(27)25-14-23(12-15(25)13-26)21(7,8)22(23)10-9-11-22;1-10(2)11(4-3-5-11)12(10)6-8(9(14)15)13-7-12;1-10(2,3)7(8(13)14)12-9(15)16-11(4,5)6/h15,17H,9-14H2,1-8H3,(H,25,27)(H,29,30);15-16,26H,9-14H2,1-8H3,(H,24,28);8,13H,3-7H2,1-2H3,(H,14,15);7H,1-6H3,(H,12,15)(H,13,14)/t15-,17+,24+;15-,16+,23+;8-,12+;7-/m0001/s1. The van der Waals surface area contributed by atoms with E-state index in [1.54, 1.807) is 67.2 Å². The van der Waals surface area contributed by atoms with Crippen LogP contribution in [-0.2, 0) is 38.2 Å². The van der Waals surface area contributed by atoms with Gasteiger partial charge in [0.1, 0.15) is 41.4 Å². The van der Waals surface area contributed by atoms with Crippen LogP contribution in [0.3, 0.4) is 0 Å². The topological polar surface area (TPSA) is 291 Å². The first-order valence-electron chi connectivity index (χ1n) is 33.4. The van der Waals surface area contributed by atoms with Crippen molar-refractivity contribution in [1.29, 1.82) is 0 Å². The van der Waals surface area contributed by atoms with Gasteiger partial charge in [-0.1, -0.05) is 144 Å². The largest absolute Gasteiger partial charge is 0.480 e. The summed E-state index contributed by atoms with van der Waals surface area (Å²) in [4.78, 5) is 101. The Balaban J connectivity index is 0.000000200. The van der Waals surface area contributed by atoms with Crippen molar-refractivity contribution in [2.24, 2.45) is 70.4 Å². The van der Waals surface area contributed by atoms with Gasteiger partial charge in [-0.2, -0.15) is 0 Å². The van der Waals surface area contributed by atoms with Crippen LogP contribution in [0.1, 0.15) is 250 Å². The Hall–Kier alpha value is -4.72. The number of carboxylic acids is 3. The third-order valence-corrected chi connectivity index (χ3v) is 24.4. The number of hydrogen-bond acceptors (Lipinski definition) is 12. The number of carbonyl (C=O) groups excluding carboxylic acids is 5. The molecule has 0 bridgehead atoms. The maximum atomic E-state index is 13.7. The van der Waals surface area contributed by atoms with E-state index in [2.05, 4.69) is 62.8 Å². The molecule has 9 rings (SSSR count). The Morgan fingerprint density at radius 1 is 0.489 bits per heavy atom. The molecule has 3 heterocycles. The Morgan fingerprint density at radius 3 is 1.17 bits per heavy atom. The fourth-order valence-corrected chi connectivity index (χ4v) is 18.7. The molecule has 0 unspecified atom stereocenters. The molecular formula is C70H120N6O14. The van der Waals surface area contributed by atoms with Crippen LogP contribution >= 0.6 is 0 Å². The van der Waals surface area contributed by atoms with E-state index < -0.39 is 81.7 Å². The minimum Gasteiger partial charge on any atom is -0.480 e. The normalized spacial score (nSPS) is 29.9. The van der Waals surface area contributed by atoms with E-state index in [0.29, 0.717) is 47.6 Å². The number of amides is 5. The molecule has 6 aliphatic carbocycles. The number of alkyl carbamates (subject to hydrolysis) is 2. The van der Waals surface area contributed by atoms with E-state index in [9.17, 15) is 48.6 Å². The van der Waals surface area contributed by atoms with Crippen molar-refractivity contribution in [1.82, 2.24) is 31.1 Å². The number of aliphatic carboxylic acids is 3. The lowest BCUT2D eigenvalue weighted by molar-refractivity contribution is -0.150. The highest BCUT2D eigenvalue weighted by atomic mass is 16.6. The van der Waals surface area contributed by atoms with Crippen LogP contribution in [-0.4, -0.2) is 152 Å². The number of likely N-dealkylation sites (tertiary alicyclic amines) is 2. The summed E-state index contributed by atoms with van der Waals surface area (Å²) in [6.07, 6.45) is 12.3. The van der Waals surface area contributed by atoms with Crippen LogP contribution in [0.5, 0.6) is 0 Å². The van der Waals surface area contributed by atoms with E-state index in [1.165, 1.54) is 44.9 Å². The van der Waals surface area contributed by atoms with Crippen LogP contribution < -0.4 is 21.3 Å². The van der Waals surface area contributed by atoms with Gasteiger partial charge in [-0.25, -0.2) is 19.2 Å². The molecular weight excluding hydrogens is 1150 g/mol. The molecule has 6 spiro atoms. The van der Waals surface area contributed by atoms with Crippen molar-refractivity contribution in [3.05, 3.63) is 0 Å². The number of aliphatic hydroxyl groups excluding tert-OH is 1. The summed E-state index contributed by atoms with van der Waals surface area (Å²) in [5.74, 6) is -3.23. The Labute approximate surface area is 538 Å². The number of carbonyl (C=O) groups is 8. The number of rotatable bonds is 10. The number of aliphatic hydroxyl groups is 1. The lowest BCUT2D eigenvalue weighted by atomic mass is 9.73. The predicted octanol–water partition coefficient (Wildman–Crippen LogP) is 11.2. The third-order valence-electron chi connectivity index (χ3n) is 24.4. The summed E-state index contributed by atoms with van der Waals surface area (Å²) < 4.78 is 10.4. The van der Waals surface area contributed by atoms with Crippen molar-refractivity contribution in [2.75, 3.05) is 26.2 Å². The summed E-state index contributed by atoms with van der Waals surface area (Å²) in [5.41, 5.74) is -1.17. The van der Waals surface area contributed by atoms with Gasteiger partial charge in [0.05, 0.1) is 12.6 Å². The third kappa shape index (κ3) is 13.0. The van der Waals surface area contributed by atoms with Crippen molar-refractivity contribution in [2.45, 2.75) is 297 Å². The smallest absolute Gasteiger partial charge is 0.408 e. The molecule has 5 amide bonds. The SMILES string of the molecule is CC(C)(C)CC(=O)N[C@H](C(=O)N1C[C@]2(C[C@H]1C(=O)O)C(C)(C)C21CCC1)C(C)(C)C.CC(C)(C)OC(=O)N[C@H](C(=O)N1C[C@]2(C[C@H]1CO)C(C)(C)C21CCC1)C(C)(C)C.CC(C)(C)OC(=O)N[C@H](C(=O)O)C(C)(C)C.CC1(C)C2(CCC2)[C@]12CN[C@H](C(=O)O)C2. The van der Waals surface area contributed by atoms with Crippen LogP contribution in [0.15, 0.2) is 0 Å². The molecule has 0 aromatic heterocycles. The van der Waals surface area contributed by atoms with Crippen LogP contribution in [0.25, 0.3) is 0 Å². The predicted molar refractivity (Wildman–Crippen MR) is 345 cm³/mol. The van der Waals surface area contributed by atoms with Gasteiger partial charge in [0.2, 0.25) is 17.7 Å². The molecule has 514 valence electrons. The van der Waals surface area contributed by atoms with Gasteiger partial charge in [0, 0.05) is 36.9 Å². The molecule has 90 heavy (non-hydrogen) atoms. The molecule has 6 saturated carbocycles. The van der Waals surface area contributed by atoms with E-state index in [4.69, 9.17) is 19.7 Å². The van der Waals surface area contributed by atoms with E-state index >= 15 is 0 Å². The molecule has 9 atom stereocenters. The quantitative estimate of drug-likeness (QED) is 0.101. The Kier molecular flexibility index (Phi) is 19.8. The van der Waals surface area contributed by atoms with E-state index in [1.807, 2.05) is 67.2 Å². The second-order valence-corrected chi connectivity index (χ2v) is 36.8. The van der Waals surface area contributed by atoms with Crippen molar-refractivity contribution in [3.63, 3.8) is 0 Å². The summed E-state index contributed by atoms with van der Waals surface area (Å²) >= 11 is 0. The molecule has 20 heteroatoms. The zero-order valence-corrected chi connectivity index (χ0v) is 59.8. The molecule has 9 fully saturated rings. The molecule has 9 aliphatic rings. The van der Waals surface area contributed by atoms with Gasteiger partial charge in [-0.05, 0) is 159 Å². The van der Waals surface area contributed by atoms with Gasteiger partial charge in [0.15, 0.2) is 0 Å². The van der Waals surface area contributed by atoms with Crippen molar-refractivity contribution in [3.8, 4) is 0 Å². The lowest BCUT2D eigenvalue weighted by Crippen LogP contribution is -2.57. The van der Waals surface area contributed by atoms with Crippen LogP contribution in [0, 0.1) is 70.4 Å². The monoisotopic (exact) mass is 1270 g/mol. The van der Waals surface area contributed by atoms with Crippen LogP contribution in [0.4, 0.5) is 9.59 Å². The lowest BCUT2D eigenvalue weighted by Gasteiger charge is -2.36. The highest BCUT2D eigenvalue weighted by Gasteiger charge is 2.87. The fraction of sp³-hybridized carbons (Fsp3) is 0.886. The average Bonchev–Trinajstić information content (AvgIpc) is 1.48. The van der Waals surface area contributed by atoms with Crippen molar-refractivity contribution >= 4 is 47.8 Å². The summed E-state index contributed by atoms with van der Waals surface area (Å²) in [7, 11) is 0. The zero-order chi connectivity index (χ0) is 69.0. The first-order chi connectivity index (χ1) is 40.5. The second kappa shape index (κ2) is 23.9. The minimum absolute atomic E-state index is 0.0387. The van der Waals surface area contributed by atoms with Gasteiger partial charge in [-0.15, -0.1) is 0 Å². The molecule has 3 aliphatic heterocycles.